The van der Waals surface area contributed by atoms with E-state index in [0.29, 0.717) is 23.8 Å². The highest BCUT2D eigenvalue weighted by Gasteiger charge is 2.25. The lowest BCUT2D eigenvalue weighted by atomic mass is 10.1. The van der Waals surface area contributed by atoms with Gasteiger partial charge < -0.3 is 10.3 Å². The summed E-state index contributed by atoms with van der Waals surface area (Å²) < 4.78 is 0. The van der Waals surface area contributed by atoms with Crippen molar-refractivity contribution >= 4 is 23.2 Å². The summed E-state index contributed by atoms with van der Waals surface area (Å²) in [5.41, 5.74) is 3.32. The average molecular weight is 277 g/mol. The van der Waals surface area contributed by atoms with Gasteiger partial charge in [-0.1, -0.05) is 23.7 Å². The van der Waals surface area contributed by atoms with E-state index < -0.39 is 0 Å². The number of nitrogens with two attached hydrogens (primary N) is 1. The maximum Gasteiger partial charge on any atom is 0.271 e. The van der Waals surface area contributed by atoms with Gasteiger partial charge >= 0.3 is 0 Å². The number of amides is 1. The van der Waals surface area contributed by atoms with Gasteiger partial charge in [0.15, 0.2) is 0 Å². The molecule has 1 aromatic carbocycles. The number of benzene rings is 1. The Morgan fingerprint density at radius 3 is 3.05 bits per heavy atom. The summed E-state index contributed by atoms with van der Waals surface area (Å²) >= 11 is 5.97. The summed E-state index contributed by atoms with van der Waals surface area (Å²) in [5.74, 6) is 5.78. The Morgan fingerprint density at radius 2 is 2.26 bits per heavy atom. The number of carbonyl (C=O) groups excluding carboxylic acids is 1. The van der Waals surface area contributed by atoms with Crippen LogP contribution in [-0.4, -0.2) is 17.6 Å². The number of hydrogen-bond donors (Lipinski definition) is 3. The highest BCUT2D eigenvalue weighted by molar-refractivity contribution is 6.30. The smallest absolute Gasteiger partial charge is 0.271 e. The Bertz CT molecular complexity index is 637. The number of H-pyrrole nitrogens is 1. The van der Waals surface area contributed by atoms with Gasteiger partial charge in [0, 0.05) is 17.6 Å². The number of aromatic nitrogens is 1. The molecule has 5 nitrogen and oxygen atoms in total. The summed E-state index contributed by atoms with van der Waals surface area (Å²) in [5, 5.41) is 4.92. The van der Waals surface area contributed by atoms with E-state index in [1.54, 1.807) is 0 Å². The lowest BCUT2D eigenvalue weighted by molar-refractivity contribution is 0.0943. The van der Waals surface area contributed by atoms with Crippen molar-refractivity contribution in [3.8, 4) is 0 Å². The molecule has 4 N–H and O–H groups in total. The van der Waals surface area contributed by atoms with Gasteiger partial charge in [0.05, 0.1) is 5.69 Å². The van der Waals surface area contributed by atoms with Crippen LogP contribution in [0.2, 0.25) is 5.02 Å². The first-order valence-electron chi connectivity index (χ1n) is 5.90. The fourth-order valence-corrected chi connectivity index (χ4v) is 2.50. The molecule has 0 atom stereocenters. The molecular formula is C13H13ClN4O. The van der Waals surface area contributed by atoms with Crippen molar-refractivity contribution in [2.75, 3.05) is 11.7 Å². The molecule has 0 fully saturated rings. The third-order valence-corrected chi connectivity index (χ3v) is 3.37. The molecular weight excluding hydrogens is 264 g/mol. The zero-order chi connectivity index (χ0) is 13.4. The molecule has 3 rings (SSSR count). The lowest BCUT2D eigenvalue weighted by Crippen LogP contribution is -2.47. The van der Waals surface area contributed by atoms with E-state index in [1.807, 2.05) is 30.5 Å². The van der Waals surface area contributed by atoms with Crippen LogP contribution >= 0.6 is 11.6 Å². The third-order valence-electron chi connectivity index (χ3n) is 3.14. The second-order valence-electron chi connectivity index (χ2n) is 4.48. The number of halogens is 1. The number of fused-ring (bicyclic) bond motifs is 1. The van der Waals surface area contributed by atoms with Crippen molar-refractivity contribution in [3.05, 3.63) is 52.3 Å². The van der Waals surface area contributed by atoms with Crippen molar-refractivity contribution in [3.63, 3.8) is 0 Å². The van der Waals surface area contributed by atoms with Crippen LogP contribution in [0.5, 0.6) is 0 Å². The van der Waals surface area contributed by atoms with E-state index in [0.717, 1.165) is 16.8 Å². The minimum absolute atomic E-state index is 0.131. The van der Waals surface area contributed by atoms with Crippen LogP contribution in [0.4, 0.5) is 5.69 Å². The molecule has 1 amide bonds. The number of nitrogens with zero attached hydrogens (tertiary/aromatic N) is 1. The maximum atomic E-state index is 11.7. The zero-order valence-electron chi connectivity index (χ0n) is 10.1. The van der Waals surface area contributed by atoms with Crippen LogP contribution < -0.4 is 16.2 Å². The van der Waals surface area contributed by atoms with Crippen molar-refractivity contribution in [2.24, 2.45) is 5.84 Å². The van der Waals surface area contributed by atoms with Crippen LogP contribution in [0.25, 0.3) is 0 Å². The Labute approximate surface area is 115 Å². The summed E-state index contributed by atoms with van der Waals surface area (Å²) in [6, 6.07) is 7.64. The fraction of sp³-hybridized carbons (Fsp3) is 0.154. The first-order chi connectivity index (χ1) is 9.15. The SMILES string of the molecule is NN1CNC(=O)c2[nH]cc(Cc3cccc(Cl)c3)c21. The number of nitrogens with one attached hydrogen (secondary N) is 2. The molecule has 0 bridgehead atoms. The molecule has 1 aliphatic heterocycles. The molecule has 0 unspecified atom stereocenters. The molecule has 0 saturated carbocycles. The van der Waals surface area contributed by atoms with Crippen LogP contribution in [0, 0.1) is 0 Å². The Kier molecular flexibility index (Phi) is 2.93. The molecule has 2 heterocycles. The summed E-state index contributed by atoms with van der Waals surface area (Å²) in [4.78, 5) is 14.7. The Balaban J connectivity index is 1.96. The monoisotopic (exact) mass is 276 g/mol. The molecule has 0 aliphatic carbocycles. The molecule has 19 heavy (non-hydrogen) atoms. The number of anilines is 1. The van der Waals surface area contributed by atoms with Gasteiger partial charge in [-0.2, -0.15) is 0 Å². The van der Waals surface area contributed by atoms with E-state index >= 15 is 0 Å². The molecule has 2 aromatic rings. The van der Waals surface area contributed by atoms with Crippen molar-refractivity contribution in [1.29, 1.82) is 0 Å². The van der Waals surface area contributed by atoms with Crippen molar-refractivity contribution < 1.29 is 4.79 Å². The van der Waals surface area contributed by atoms with Gasteiger partial charge in [-0.3, -0.25) is 9.80 Å². The lowest BCUT2D eigenvalue weighted by Gasteiger charge is -2.25. The van der Waals surface area contributed by atoms with E-state index in [2.05, 4.69) is 10.3 Å². The second-order valence-corrected chi connectivity index (χ2v) is 4.91. The first-order valence-corrected chi connectivity index (χ1v) is 6.28. The molecule has 0 radical (unpaired) electrons. The Hall–Kier alpha value is -1.98. The van der Waals surface area contributed by atoms with Gasteiger partial charge in [-0.25, -0.2) is 5.84 Å². The summed E-state index contributed by atoms with van der Waals surface area (Å²) in [6.45, 7) is 0.312. The molecule has 98 valence electrons. The molecule has 0 saturated heterocycles. The van der Waals surface area contributed by atoms with E-state index in [1.165, 1.54) is 5.01 Å². The Morgan fingerprint density at radius 1 is 1.42 bits per heavy atom. The average Bonchev–Trinajstić information content (AvgIpc) is 2.79. The van der Waals surface area contributed by atoms with E-state index in [9.17, 15) is 4.79 Å². The minimum atomic E-state index is -0.131. The largest absolute Gasteiger partial charge is 0.355 e. The standard InChI is InChI=1S/C13H13ClN4O/c14-10-3-1-2-8(5-10)4-9-6-16-11-12(9)18(15)7-17-13(11)19/h1-3,5-6,16H,4,7,15H2,(H,17,19). The second kappa shape index (κ2) is 4.60. The van der Waals surface area contributed by atoms with E-state index in [-0.39, 0.29) is 5.91 Å². The van der Waals surface area contributed by atoms with Crippen molar-refractivity contribution in [2.45, 2.75) is 6.42 Å². The number of hydrazine groups is 1. The topological polar surface area (TPSA) is 74.2 Å². The fourth-order valence-electron chi connectivity index (χ4n) is 2.28. The summed E-state index contributed by atoms with van der Waals surface area (Å²) in [7, 11) is 0. The maximum absolute atomic E-state index is 11.7. The van der Waals surface area contributed by atoms with Gasteiger partial charge in [0.2, 0.25) is 0 Å². The zero-order valence-corrected chi connectivity index (χ0v) is 10.9. The number of carbonyl (C=O) groups is 1. The highest BCUT2D eigenvalue weighted by Crippen LogP contribution is 2.28. The van der Waals surface area contributed by atoms with Crippen LogP contribution in [0.1, 0.15) is 21.6 Å². The van der Waals surface area contributed by atoms with Gasteiger partial charge in [0.1, 0.15) is 12.4 Å². The van der Waals surface area contributed by atoms with Gasteiger partial charge in [0.25, 0.3) is 5.91 Å². The van der Waals surface area contributed by atoms with Crippen LogP contribution in [0.3, 0.4) is 0 Å². The predicted octanol–water partition coefficient (Wildman–Crippen LogP) is 1.64. The summed E-state index contributed by atoms with van der Waals surface area (Å²) in [6.07, 6.45) is 2.49. The highest BCUT2D eigenvalue weighted by atomic mass is 35.5. The van der Waals surface area contributed by atoms with E-state index in [4.69, 9.17) is 17.4 Å². The number of hydrogen-bond acceptors (Lipinski definition) is 3. The third kappa shape index (κ3) is 2.18. The number of aromatic amines is 1. The molecule has 1 aliphatic rings. The van der Waals surface area contributed by atoms with Gasteiger partial charge in [-0.05, 0) is 23.3 Å². The van der Waals surface area contributed by atoms with Crippen LogP contribution in [0.15, 0.2) is 30.5 Å². The number of rotatable bonds is 2. The molecule has 6 heteroatoms. The van der Waals surface area contributed by atoms with Crippen LogP contribution in [-0.2, 0) is 6.42 Å². The normalized spacial score (nSPS) is 14.2. The minimum Gasteiger partial charge on any atom is -0.355 e. The molecule has 1 aromatic heterocycles. The first kappa shape index (κ1) is 12.1. The quantitative estimate of drug-likeness (QED) is 0.730. The predicted molar refractivity (Wildman–Crippen MR) is 74.1 cm³/mol. The van der Waals surface area contributed by atoms with Gasteiger partial charge in [-0.15, -0.1) is 0 Å². The van der Waals surface area contributed by atoms with Crippen molar-refractivity contribution in [1.82, 2.24) is 10.3 Å². The molecule has 0 spiro atoms.